The van der Waals surface area contributed by atoms with E-state index in [1.807, 2.05) is 0 Å². The van der Waals surface area contributed by atoms with Gasteiger partial charge in [-0.05, 0) is 24.5 Å². The Morgan fingerprint density at radius 2 is 2.21 bits per heavy atom. The lowest BCUT2D eigenvalue weighted by molar-refractivity contribution is 0.174. The summed E-state index contributed by atoms with van der Waals surface area (Å²) in [6.45, 7) is 4.97. The highest BCUT2D eigenvalue weighted by molar-refractivity contribution is 5.25. The van der Waals surface area contributed by atoms with E-state index >= 15 is 0 Å². The Balaban J connectivity index is 2.01. The zero-order valence-electron chi connectivity index (χ0n) is 8.61. The Bertz CT molecular complexity index is 311. The predicted octanol–water partition coefficient (Wildman–Crippen LogP) is 1.56. The van der Waals surface area contributed by atoms with Crippen molar-refractivity contribution in [3.63, 3.8) is 0 Å². The van der Waals surface area contributed by atoms with Crippen molar-refractivity contribution in [2.24, 2.45) is 0 Å². The molecule has 76 valence electrons. The molecule has 0 aromatic heterocycles. The Labute approximate surface area is 85.2 Å². The lowest BCUT2D eigenvalue weighted by atomic mass is 10.1. The van der Waals surface area contributed by atoms with Gasteiger partial charge in [0.05, 0.1) is 6.10 Å². The zero-order chi connectivity index (χ0) is 9.97. The fraction of sp³-hybridized carbons (Fsp3) is 0.500. The maximum Gasteiger partial charge on any atom is 0.0679 e. The van der Waals surface area contributed by atoms with Crippen molar-refractivity contribution in [1.29, 1.82) is 0 Å². The maximum atomic E-state index is 9.41. The average Bonchev–Trinajstić information content (AvgIpc) is 2.56. The van der Waals surface area contributed by atoms with E-state index in [9.17, 15) is 5.11 Å². The first kappa shape index (κ1) is 9.69. The van der Waals surface area contributed by atoms with Crippen LogP contribution >= 0.6 is 0 Å². The van der Waals surface area contributed by atoms with Crippen LogP contribution in [0.5, 0.6) is 0 Å². The summed E-state index contributed by atoms with van der Waals surface area (Å²) in [5, 5.41) is 9.41. The fourth-order valence-corrected chi connectivity index (χ4v) is 1.98. The molecule has 2 nitrogen and oxygen atoms in total. The zero-order valence-corrected chi connectivity index (χ0v) is 8.61. The van der Waals surface area contributed by atoms with E-state index in [1.165, 1.54) is 11.1 Å². The molecule has 0 saturated carbocycles. The van der Waals surface area contributed by atoms with Gasteiger partial charge < -0.3 is 5.11 Å². The Morgan fingerprint density at radius 3 is 2.86 bits per heavy atom. The van der Waals surface area contributed by atoms with Gasteiger partial charge in [0.2, 0.25) is 0 Å². The average molecular weight is 191 g/mol. The molecule has 1 aliphatic rings. The minimum Gasteiger partial charge on any atom is -0.392 e. The summed E-state index contributed by atoms with van der Waals surface area (Å²) < 4.78 is 0. The van der Waals surface area contributed by atoms with Crippen LogP contribution in [-0.2, 0) is 6.54 Å². The smallest absolute Gasteiger partial charge is 0.0679 e. The van der Waals surface area contributed by atoms with Gasteiger partial charge in [-0.3, -0.25) is 4.90 Å². The van der Waals surface area contributed by atoms with Crippen molar-refractivity contribution in [2.75, 3.05) is 13.1 Å². The van der Waals surface area contributed by atoms with Crippen molar-refractivity contribution in [3.8, 4) is 0 Å². The number of nitrogens with zero attached hydrogens (tertiary/aromatic N) is 1. The quantitative estimate of drug-likeness (QED) is 0.767. The van der Waals surface area contributed by atoms with Crippen molar-refractivity contribution in [2.45, 2.75) is 26.0 Å². The first-order valence-corrected chi connectivity index (χ1v) is 5.20. The summed E-state index contributed by atoms with van der Waals surface area (Å²) in [4.78, 5) is 2.31. The number of rotatable bonds is 2. The molecule has 0 unspecified atom stereocenters. The third-order valence-electron chi connectivity index (χ3n) is 2.90. The number of aliphatic hydroxyl groups excluding tert-OH is 1. The molecule has 1 saturated heterocycles. The molecule has 0 aliphatic carbocycles. The van der Waals surface area contributed by atoms with E-state index in [0.717, 1.165) is 26.1 Å². The fourth-order valence-electron chi connectivity index (χ4n) is 1.98. The third kappa shape index (κ3) is 2.14. The van der Waals surface area contributed by atoms with Crippen LogP contribution in [-0.4, -0.2) is 29.2 Å². The number of hydrogen-bond acceptors (Lipinski definition) is 2. The minimum atomic E-state index is -0.112. The summed E-state index contributed by atoms with van der Waals surface area (Å²) in [6.07, 6.45) is 0.810. The molecule has 1 fully saturated rings. The number of likely N-dealkylation sites (tertiary alicyclic amines) is 1. The predicted molar refractivity (Wildman–Crippen MR) is 57.1 cm³/mol. The normalized spacial score (nSPS) is 22.9. The lowest BCUT2D eigenvalue weighted by Gasteiger charge is -2.16. The number of β-amino-alcohol motifs (C(OH)–C–C–N with tert-alkyl or cyclic N) is 1. The summed E-state index contributed by atoms with van der Waals surface area (Å²) in [5.74, 6) is 0. The van der Waals surface area contributed by atoms with Gasteiger partial charge in [-0.25, -0.2) is 0 Å². The number of aliphatic hydroxyl groups is 1. The second-order valence-electron chi connectivity index (χ2n) is 4.10. The molecule has 0 amide bonds. The topological polar surface area (TPSA) is 23.5 Å². The molecule has 14 heavy (non-hydrogen) atoms. The first-order valence-electron chi connectivity index (χ1n) is 5.20. The van der Waals surface area contributed by atoms with Crippen molar-refractivity contribution in [1.82, 2.24) is 4.90 Å². The molecule has 1 heterocycles. The van der Waals surface area contributed by atoms with Crippen LogP contribution in [0.25, 0.3) is 0 Å². The Hall–Kier alpha value is -0.860. The third-order valence-corrected chi connectivity index (χ3v) is 2.90. The monoisotopic (exact) mass is 191 g/mol. The van der Waals surface area contributed by atoms with E-state index in [1.54, 1.807) is 0 Å². The van der Waals surface area contributed by atoms with Gasteiger partial charge in [-0.1, -0.05) is 24.3 Å². The van der Waals surface area contributed by atoms with Gasteiger partial charge >= 0.3 is 0 Å². The summed E-state index contributed by atoms with van der Waals surface area (Å²) >= 11 is 0. The van der Waals surface area contributed by atoms with Crippen molar-refractivity contribution < 1.29 is 5.11 Å². The van der Waals surface area contributed by atoms with Crippen LogP contribution in [0.2, 0.25) is 0 Å². The van der Waals surface area contributed by atoms with E-state index in [-0.39, 0.29) is 6.10 Å². The highest BCUT2D eigenvalue weighted by Gasteiger charge is 2.20. The second kappa shape index (κ2) is 4.11. The van der Waals surface area contributed by atoms with Crippen LogP contribution in [0.15, 0.2) is 24.3 Å². The minimum absolute atomic E-state index is 0.112. The van der Waals surface area contributed by atoms with E-state index in [0.29, 0.717) is 0 Å². The van der Waals surface area contributed by atoms with Gasteiger partial charge in [0.1, 0.15) is 0 Å². The molecular formula is C12H17NO. The molecule has 1 aliphatic heterocycles. The molecule has 1 N–H and O–H groups in total. The standard InChI is InChI=1S/C12H17NO/c1-10-4-2-3-5-11(10)8-13-7-6-12(14)9-13/h2-5,12,14H,6-9H2,1H3/t12-/m0/s1. The Morgan fingerprint density at radius 1 is 1.43 bits per heavy atom. The maximum absolute atomic E-state index is 9.41. The van der Waals surface area contributed by atoms with Gasteiger partial charge in [0.25, 0.3) is 0 Å². The van der Waals surface area contributed by atoms with Gasteiger partial charge in [0, 0.05) is 19.6 Å². The Kier molecular flexibility index (Phi) is 2.85. The van der Waals surface area contributed by atoms with E-state index in [4.69, 9.17) is 0 Å². The molecule has 2 heteroatoms. The highest BCUT2D eigenvalue weighted by Crippen LogP contribution is 2.15. The first-order chi connectivity index (χ1) is 6.75. The second-order valence-corrected chi connectivity index (χ2v) is 4.10. The molecule has 0 spiro atoms. The molecule has 0 radical (unpaired) electrons. The summed E-state index contributed by atoms with van der Waals surface area (Å²) in [5.41, 5.74) is 2.72. The van der Waals surface area contributed by atoms with Gasteiger partial charge in [-0.2, -0.15) is 0 Å². The van der Waals surface area contributed by atoms with E-state index < -0.39 is 0 Å². The highest BCUT2D eigenvalue weighted by atomic mass is 16.3. The molecular weight excluding hydrogens is 174 g/mol. The number of benzene rings is 1. The summed E-state index contributed by atoms with van der Waals surface area (Å²) in [6, 6.07) is 8.45. The van der Waals surface area contributed by atoms with Crippen LogP contribution in [0.1, 0.15) is 17.5 Å². The van der Waals surface area contributed by atoms with Gasteiger partial charge in [0.15, 0.2) is 0 Å². The molecule has 0 bridgehead atoms. The van der Waals surface area contributed by atoms with Crippen LogP contribution in [0.4, 0.5) is 0 Å². The SMILES string of the molecule is Cc1ccccc1CN1CC[C@H](O)C1. The lowest BCUT2D eigenvalue weighted by Crippen LogP contribution is -2.21. The van der Waals surface area contributed by atoms with Crippen LogP contribution in [0, 0.1) is 6.92 Å². The molecule has 1 atom stereocenters. The van der Waals surface area contributed by atoms with Crippen molar-refractivity contribution >= 4 is 0 Å². The molecule has 1 aromatic carbocycles. The van der Waals surface area contributed by atoms with E-state index in [2.05, 4.69) is 36.1 Å². The van der Waals surface area contributed by atoms with Crippen LogP contribution < -0.4 is 0 Å². The largest absolute Gasteiger partial charge is 0.392 e. The molecule has 1 aromatic rings. The number of aryl methyl sites for hydroxylation is 1. The van der Waals surface area contributed by atoms with Gasteiger partial charge in [-0.15, -0.1) is 0 Å². The van der Waals surface area contributed by atoms with Crippen LogP contribution in [0.3, 0.4) is 0 Å². The number of hydrogen-bond donors (Lipinski definition) is 1. The van der Waals surface area contributed by atoms with Crippen molar-refractivity contribution in [3.05, 3.63) is 35.4 Å². The summed E-state index contributed by atoms with van der Waals surface area (Å²) in [7, 11) is 0. The molecule has 2 rings (SSSR count).